The lowest BCUT2D eigenvalue weighted by molar-refractivity contribution is 0.190. The SMILES string of the molecule is COCC(C)Nc1nc(C)nc(Cl)c1C. The van der Waals surface area contributed by atoms with Crippen molar-refractivity contribution in [1.29, 1.82) is 0 Å². The molecule has 0 bridgehead atoms. The van der Waals surface area contributed by atoms with E-state index in [0.717, 1.165) is 11.4 Å². The van der Waals surface area contributed by atoms with Crippen LogP contribution in [0.25, 0.3) is 0 Å². The van der Waals surface area contributed by atoms with Crippen LogP contribution in [0, 0.1) is 13.8 Å². The van der Waals surface area contributed by atoms with Gasteiger partial charge in [-0.25, -0.2) is 9.97 Å². The molecule has 0 fully saturated rings. The molecule has 1 N–H and O–H groups in total. The van der Waals surface area contributed by atoms with E-state index in [1.165, 1.54) is 0 Å². The van der Waals surface area contributed by atoms with E-state index < -0.39 is 0 Å². The molecule has 1 heterocycles. The van der Waals surface area contributed by atoms with Gasteiger partial charge in [0.05, 0.1) is 6.61 Å². The number of methoxy groups -OCH3 is 1. The van der Waals surface area contributed by atoms with Crippen LogP contribution in [0.1, 0.15) is 18.3 Å². The van der Waals surface area contributed by atoms with Crippen LogP contribution in [-0.2, 0) is 4.74 Å². The quantitative estimate of drug-likeness (QED) is 0.805. The molecule has 0 aromatic carbocycles. The van der Waals surface area contributed by atoms with Crippen LogP contribution in [0.15, 0.2) is 0 Å². The van der Waals surface area contributed by atoms with Crippen LogP contribution in [-0.4, -0.2) is 29.7 Å². The van der Waals surface area contributed by atoms with Gasteiger partial charge in [-0.15, -0.1) is 0 Å². The zero-order chi connectivity index (χ0) is 11.4. The van der Waals surface area contributed by atoms with Gasteiger partial charge in [-0.1, -0.05) is 11.6 Å². The maximum atomic E-state index is 5.96. The summed E-state index contributed by atoms with van der Waals surface area (Å²) in [4.78, 5) is 8.36. The summed E-state index contributed by atoms with van der Waals surface area (Å²) in [5.41, 5.74) is 0.866. The number of aryl methyl sites for hydroxylation is 1. The van der Waals surface area contributed by atoms with Gasteiger partial charge in [0, 0.05) is 18.7 Å². The smallest absolute Gasteiger partial charge is 0.137 e. The van der Waals surface area contributed by atoms with Gasteiger partial charge in [0.1, 0.15) is 16.8 Å². The molecular formula is C10H16ClN3O. The summed E-state index contributed by atoms with van der Waals surface area (Å²) >= 11 is 5.96. The molecule has 0 saturated carbocycles. The van der Waals surface area contributed by atoms with Crippen LogP contribution >= 0.6 is 11.6 Å². The van der Waals surface area contributed by atoms with Crippen molar-refractivity contribution in [3.05, 3.63) is 16.5 Å². The molecule has 1 rings (SSSR count). The first-order valence-electron chi connectivity index (χ1n) is 4.80. The lowest BCUT2D eigenvalue weighted by Crippen LogP contribution is -2.22. The number of hydrogen-bond donors (Lipinski definition) is 1. The first-order chi connectivity index (χ1) is 7.04. The highest BCUT2D eigenvalue weighted by molar-refractivity contribution is 6.30. The first kappa shape index (κ1) is 12.2. The van der Waals surface area contributed by atoms with Crippen LogP contribution in [0.2, 0.25) is 5.15 Å². The first-order valence-corrected chi connectivity index (χ1v) is 5.18. The van der Waals surface area contributed by atoms with E-state index >= 15 is 0 Å². The van der Waals surface area contributed by atoms with E-state index in [9.17, 15) is 0 Å². The zero-order valence-electron chi connectivity index (χ0n) is 9.47. The van der Waals surface area contributed by atoms with Gasteiger partial charge in [0.15, 0.2) is 0 Å². The van der Waals surface area contributed by atoms with Gasteiger partial charge in [-0.2, -0.15) is 0 Å². The van der Waals surface area contributed by atoms with Crippen LogP contribution in [0.3, 0.4) is 0 Å². The fourth-order valence-corrected chi connectivity index (χ4v) is 1.47. The molecule has 1 atom stereocenters. The Labute approximate surface area is 95.0 Å². The second-order valence-corrected chi connectivity index (χ2v) is 3.89. The number of ether oxygens (including phenoxy) is 1. The average Bonchev–Trinajstić information content (AvgIpc) is 2.13. The molecule has 84 valence electrons. The molecular weight excluding hydrogens is 214 g/mol. The predicted octanol–water partition coefficient (Wildman–Crippen LogP) is 2.19. The standard InChI is InChI=1S/C10H16ClN3O/c1-6(5-15-4)12-10-7(2)9(11)13-8(3)14-10/h6H,5H2,1-4H3,(H,12,13,14). The molecule has 0 amide bonds. The van der Waals surface area contributed by atoms with E-state index in [4.69, 9.17) is 16.3 Å². The number of aromatic nitrogens is 2. The maximum Gasteiger partial charge on any atom is 0.137 e. The largest absolute Gasteiger partial charge is 0.383 e. The van der Waals surface area contributed by atoms with Crippen molar-refractivity contribution in [3.63, 3.8) is 0 Å². The second-order valence-electron chi connectivity index (χ2n) is 3.54. The Kier molecular flexibility index (Phi) is 4.29. The number of nitrogens with one attached hydrogen (secondary N) is 1. The highest BCUT2D eigenvalue weighted by Gasteiger charge is 2.09. The molecule has 0 aliphatic heterocycles. The third-order valence-corrected chi connectivity index (χ3v) is 2.37. The average molecular weight is 230 g/mol. The molecule has 1 aromatic rings. The van der Waals surface area contributed by atoms with Gasteiger partial charge >= 0.3 is 0 Å². The number of hydrogen-bond acceptors (Lipinski definition) is 4. The highest BCUT2D eigenvalue weighted by Crippen LogP contribution is 2.20. The molecule has 1 unspecified atom stereocenters. The summed E-state index contributed by atoms with van der Waals surface area (Å²) in [6.07, 6.45) is 0. The van der Waals surface area contributed by atoms with Crippen molar-refractivity contribution in [3.8, 4) is 0 Å². The van der Waals surface area contributed by atoms with E-state index in [1.54, 1.807) is 7.11 Å². The molecule has 5 heteroatoms. The van der Waals surface area contributed by atoms with Gasteiger partial charge in [0.25, 0.3) is 0 Å². The van der Waals surface area contributed by atoms with E-state index in [-0.39, 0.29) is 6.04 Å². The maximum absolute atomic E-state index is 5.96. The summed E-state index contributed by atoms with van der Waals surface area (Å²) in [5.74, 6) is 1.44. The van der Waals surface area contributed by atoms with Gasteiger partial charge in [-0.05, 0) is 20.8 Å². The minimum atomic E-state index is 0.194. The van der Waals surface area contributed by atoms with Crippen LogP contribution in [0.4, 0.5) is 5.82 Å². The number of rotatable bonds is 4. The van der Waals surface area contributed by atoms with E-state index in [1.807, 2.05) is 20.8 Å². The molecule has 0 saturated heterocycles. The summed E-state index contributed by atoms with van der Waals surface area (Å²) in [6.45, 7) is 6.36. The van der Waals surface area contributed by atoms with Crippen molar-refractivity contribution in [2.45, 2.75) is 26.8 Å². The van der Waals surface area contributed by atoms with Crippen molar-refractivity contribution in [1.82, 2.24) is 9.97 Å². The van der Waals surface area contributed by atoms with Crippen molar-refractivity contribution < 1.29 is 4.74 Å². The monoisotopic (exact) mass is 229 g/mol. The lowest BCUT2D eigenvalue weighted by atomic mass is 10.3. The second kappa shape index (κ2) is 5.28. The Morgan fingerprint density at radius 3 is 2.67 bits per heavy atom. The summed E-state index contributed by atoms with van der Waals surface area (Å²) in [5, 5.41) is 3.73. The Morgan fingerprint density at radius 1 is 1.40 bits per heavy atom. The Bertz CT molecular complexity index is 344. The Morgan fingerprint density at radius 2 is 2.07 bits per heavy atom. The molecule has 0 aliphatic carbocycles. The minimum absolute atomic E-state index is 0.194. The van der Waals surface area contributed by atoms with Crippen LogP contribution in [0.5, 0.6) is 0 Å². The van der Waals surface area contributed by atoms with Crippen molar-refractivity contribution >= 4 is 17.4 Å². The Balaban J connectivity index is 2.84. The number of nitrogens with zero attached hydrogens (tertiary/aromatic N) is 2. The van der Waals surface area contributed by atoms with Crippen LogP contribution < -0.4 is 5.32 Å². The van der Waals surface area contributed by atoms with Gasteiger partial charge < -0.3 is 10.1 Å². The van der Waals surface area contributed by atoms with Crippen molar-refractivity contribution in [2.24, 2.45) is 0 Å². The van der Waals surface area contributed by atoms with Gasteiger partial charge in [-0.3, -0.25) is 0 Å². The summed E-state index contributed by atoms with van der Waals surface area (Å²) in [6, 6.07) is 0.194. The third-order valence-electron chi connectivity index (χ3n) is 2.00. The van der Waals surface area contributed by atoms with E-state index in [2.05, 4.69) is 15.3 Å². The molecule has 1 aromatic heterocycles. The fraction of sp³-hybridized carbons (Fsp3) is 0.600. The fourth-order valence-electron chi connectivity index (χ4n) is 1.26. The number of halogens is 1. The predicted molar refractivity (Wildman–Crippen MR) is 61.5 cm³/mol. The molecule has 4 nitrogen and oxygen atoms in total. The topological polar surface area (TPSA) is 47.0 Å². The summed E-state index contributed by atoms with van der Waals surface area (Å²) < 4.78 is 5.04. The molecule has 0 aliphatic rings. The normalized spacial score (nSPS) is 12.6. The minimum Gasteiger partial charge on any atom is -0.383 e. The lowest BCUT2D eigenvalue weighted by Gasteiger charge is -2.15. The molecule has 0 spiro atoms. The number of anilines is 1. The molecule has 0 radical (unpaired) electrons. The molecule has 15 heavy (non-hydrogen) atoms. The zero-order valence-corrected chi connectivity index (χ0v) is 10.2. The summed E-state index contributed by atoms with van der Waals surface area (Å²) in [7, 11) is 1.67. The highest BCUT2D eigenvalue weighted by atomic mass is 35.5. The Hall–Kier alpha value is -0.870. The van der Waals surface area contributed by atoms with Crippen molar-refractivity contribution in [2.75, 3.05) is 19.0 Å². The third kappa shape index (κ3) is 3.32. The van der Waals surface area contributed by atoms with E-state index in [0.29, 0.717) is 17.6 Å². The van der Waals surface area contributed by atoms with Gasteiger partial charge in [0.2, 0.25) is 0 Å².